The van der Waals surface area contributed by atoms with Crippen LogP contribution in [0.1, 0.15) is 27.2 Å². The van der Waals surface area contributed by atoms with Gasteiger partial charge >= 0.3 is 12.1 Å². The van der Waals surface area contributed by atoms with Crippen LogP contribution >= 0.6 is 0 Å². The minimum Gasteiger partial charge on any atom is -0.501 e. The molecule has 0 aliphatic carbocycles. The molecule has 0 aromatic heterocycles. The molecule has 2 heterocycles. The summed E-state index contributed by atoms with van der Waals surface area (Å²) in [5.74, 6) is -0.449. The molecule has 0 N–H and O–H groups in total. The number of nitrogens with zero attached hydrogens (tertiary/aromatic N) is 1. The fraction of sp³-hybridized carbons (Fsp3) is 0.714. The van der Waals surface area contributed by atoms with Gasteiger partial charge in [0.25, 0.3) is 0 Å². The Morgan fingerprint density at radius 3 is 2.70 bits per heavy atom. The Hall–Kier alpha value is -1.72. The molecule has 0 bridgehead atoms. The first-order valence-corrected chi connectivity index (χ1v) is 6.71. The summed E-state index contributed by atoms with van der Waals surface area (Å²) < 4.78 is 15.5. The van der Waals surface area contributed by atoms with Crippen molar-refractivity contribution in [1.82, 2.24) is 4.90 Å². The number of likely N-dealkylation sites (tertiary alicyclic amines) is 1. The van der Waals surface area contributed by atoms with E-state index in [1.165, 1.54) is 12.0 Å². The van der Waals surface area contributed by atoms with Gasteiger partial charge in [-0.2, -0.15) is 0 Å². The van der Waals surface area contributed by atoms with E-state index < -0.39 is 23.7 Å². The zero-order valence-corrected chi connectivity index (χ0v) is 12.3. The van der Waals surface area contributed by atoms with Crippen LogP contribution in [0.4, 0.5) is 4.79 Å². The second-order valence-electron chi connectivity index (χ2n) is 6.03. The molecule has 1 fully saturated rings. The van der Waals surface area contributed by atoms with E-state index in [0.29, 0.717) is 19.6 Å². The van der Waals surface area contributed by atoms with Crippen molar-refractivity contribution < 1.29 is 23.8 Å². The maximum atomic E-state index is 12.3. The highest BCUT2D eigenvalue weighted by Gasteiger charge is 2.47. The first-order chi connectivity index (χ1) is 9.33. The van der Waals surface area contributed by atoms with Crippen molar-refractivity contribution >= 4 is 12.1 Å². The first kappa shape index (κ1) is 14.7. The van der Waals surface area contributed by atoms with E-state index in [-0.39, 0.29) is 5.92 Å². The maximum absolute atomic E-state index is 12.3. The van der Waals surface area contributed by atoms with Gasteiger partial charge in [-0.1, -0.05) is 0 Å². The largest absolute Gasteiger partial charge is 0.501 e. The van der Waals surface area contributed by atoms with Crippen molar-refractivity contribution in [2.75, 3.05) is 20.3 Å². The zero-order valence-electron chi connectivity index (χ0n) is 12.3. The Bertz CT molecular complexity index is 437. The van der Waals surface area contributed by atoms with E-state index in [4.69, 9.17) is 14.2 Å². The van der Waals surface area contributed by atoms with Crippen LogP contribution in [0.15, 0.2) is 11.8 Å². The highest BCUT2D eigenvalue weighted by atomic mass is 16.6. The number of carbonyl (C=O) groups is 2. The van der Waals surface area contributed by atoms with Crippen LogP contribution in [0, 0.1) is 5.92 Å². The summed E-state index contributed by atoms with van der Waals surface area (Å²) in [4.78, 5) is 25.7. The van der Waals surface area contributed by atoms with E-state index in [0.717, 1.165) is 5.57 Å². The molecule has 112 valence electrons. The summed E-state index contributed by atoms with van der Waals surface area (Å²) >= 11 is 0. The molecule has 1 saturated heterocycles. The SMILES string of the molecule is COC(=O)[C@@H]1[C@H]2CCOC=C2CN1C(=O)OC(C)(C)C. The van der Waals surface area contributed by atoms with Gasteiger partial charge in [0.1, 0.15) is 11.6 Å². The molecule has 0 radical (unpaired) electrons. The molecule has 6 heteroatoms. The van der Waals surface area contributed by atoms with Crippen LogP contribution in [0.25, 0.3) is 0 Å². The molecule has 0 aromatic carbocycles. The van der Waals surface area contributed by atoms with Crippen molar-refractivity contribution in [2.45, 2.75) is 38.8 Å². The second-order valence-corrected chi connectivity index (χ2v) is 6.03. The van der Waals surface area contributed by atoms with Crippen molar-refractivity contribution in [2.24, 2.45) is 5.92 Å². The van der Waals surface area contributed by atoms with E-state index in [1.54, 1.807) is 27.0 Å². The summed E-state index contributed by atoms with van der Waals surface area (Å²) in [6, 6.07) is -0.620. The predicted octanol–water partition coefficient (Wildman–Crippen LogP) is 1.70. The predicted molar refractivity (Wildman–Crippen MR) is 70.9 cm³/mol. The Morgan fingerprint density at radius 1 is 1.40 bits per heavy atom. The van der Waals surface area contributed by atoms with Gasteiger partial charge in [0.2, 0.25) is 0 Å². The number of carbonyl (C=O) groups excluding carboxylic acids is 2. The van der Waals surface area contributed by atoms with Crippen LogP contribution in [0.2, 0.25) is 0 Å². The van der Waals surface area contributed by atoms with E-state index in [9.17, 15) is 9.59 Å². The van der Waals surface area contributed by atoms with Gasteiger partial charge < -0.3 is 14.2 Å². The summed E-state index contributed by atoms with van der Waals surface area (Å²) in [6.45, 7) is 6.28. The van der Waals surface area contributed by atoms with Crippen LogP contribution in [0.5, 0.6) is 0 Å². The van der Waals surface area contributed by atoms with Gasteiger partial charge in [-0.05, 0) is 32.8 Å². The quantitative estimate of drug-likeness (QED) is 0.685. The highest BCUT2D eigenvalue weighted by molar-refractivity contribution is 5.83. The fourth-order valence-corrected chi connectivity index (χ4v) is 2.57. The van der Waals surface area contributed by atoms with Gasteiger partial charge in [0.05, 0.1) is 20.0 Å². The molecular weight excluding hydrogens is 262 g/mol. The third kappa shape index (κ3) is 2.89. The lowest BCUT2D eigenvalue weighted by molar-refractivity contribution is -0.147. The minimum absolute atomic E-state index is 0.0382. The maximum Gasteiger partial charge on any atom is 0.411 e. The highest BCUT2D eigenvalue weighted by Crippen LogP contribution is 2.36. The number of methoxy groups -OCH3 is 1. The average molecular weight is 283 g/mol. The molecule has 2 aliphatic heterocycles. The summed E-state index contributed by atoms with van der Waals surface area (Å²) in [5, 5.41) is 0. The summed E-state index contributed by atoms with van der Waals surface area (Å²) in [5.41, 5.74) is 0.341. The van der Waals surface area contributed by atoms with Gasteiger partial charge in [0, 0.05) is 12.5 Å². The number of amides is 1. The summed E-state index contributed by atoms with van der Waals surface area (Å²) in [6.07, 6.45) is 1.85. The molecule has 0 saturated carbocycles. The van der Waals surface area contributed by atoms with E-state index >= 15 is 0 Å². The molecule has 6 nitrogen and oxygen atoms in total. The number of esters is 1. The van der Waals surface area contributed by atoms with Gasteiger partial charge in [-0.15, -0.1) is 0 Å². The van der Waals surface area contributed by atoms with E-state index in [1.807, 2.05) is 0 Å². The lowest BCUT2D eigenvalue weighted by Gasteiger charge is -2.28. The van der Waals surface area contributed by atoms with E-state index in [2.05, 4.69) is 0 Å². The van der Waals surface area contributed by atoms with Crippen LogP contribution in [-0.4, -0.2) is 48.9 Å². The smallest absolute Gasteiger partial charge is 0.411 e. The molecular formula is C14H21NO5. The number of ether oxygens (including phenoxy) is 3. The lowest BCUT2D eigenvalue weighted by atomic mass is 9.92. The Morgan fingerprint density at radius 2 is 2.10 bits per heavy atom. The van der Waals surface area contributed by atoms with Crippen molar-refractivity contribution in [3.05, 3.63) is 11.8 Å². The molecule has 0 unspecified atom stereocenters. The minimum atomic E-state index is -0.620. The monoisotopic (exact) mass is 283 g/mol. The number of hydrogen-bond acceptors (Lipinski definition) is 5. The Balaban J connectivity index is 2.22. The van der Waals surface area contributed by atoms with Crippen molar-refractivity contribution in [3.63, 3.8) is 0 Å². The average Bonchev–Trinajstić information content (AvgIpc) is 2.75. The zero-order chi connectivity index (χ0) is 14.9. The Kier molecular flexibility index (Phi) is 3.92. The number of rotatable bonds is 1. The molecule has 2 aliphatic rings. The second kappa shape index (κ2) is 5.34. The fourth-order valence-electron chi connectivity index (χ4n) is 2.57. The standard InChI is InChI=1S/C14H21NO5/c1-14(2,3)20-13(17)15-7-9-8-19-6-5-10(9)11(15)12(16)18-4/h8,10-11H,5-7H2,1-4H3/t10-,11-/m0/s1. The topological polar surface area (TPSA) is 65.1 Å². The van der Waals surface area contributed by atoms with Crippen LogP contribution in [0.3, 0.4) is 0 Å². The summed E-state index contributed by atoms with van der Waals surface area (Å²) in [7, 11) is 1.33. The van der Waals surface area contributed by atoms with Crippen LogP contribution < -0.4 is 0 Å². The molecule has 0 spiro atoms. The molecule has 20 heavy (non-hydrogen) atoms. The first-order valence-electron chi connectivity index (χ1n) is 6.71. The molecule has 0 aromatic rings. The van der Waals surface area contributed by atoms with Crippen LogP contribution in [-0.2, 0) is 19.0 Å². The lowest BCUT2D eigenvalue weighted by Crippen LogP contribution is -2.46. The van der Waals surface area contributed by atoms with Gasteiger partial charge in [0.15, 0.2) is 0 Å². The molecule has 2 rings (SSSR count). The third-order valence-electron chi connectivity index (χ3n) is 3.40. The number of fused-ring (bicyclic) bond motifs is 1. The van der Waals surface area contributed by atoms with Crippen molar-refractivity contribution in [1.29, 1.82) is 0 Å². The third-order valence-corrected chi connectivity index (χ3v) is 3.40. The molecule has 2 atom stereocenters. The molecule has 1 amide bonds. The van der Waals surface area contributed by atoms with Gasteiger partial charge in [-0.3, -0.25) is 4.90 Å². The van der Waals surface area contributed by atoms with Gasteiger partial charge in [-0.25, -0.2) is 9.59 Å². The normalized spacial score (nSPS) is 25.4. The van der Waals surface area contributed by atoms with Crippen molar-refractivity contribution in [3.8, 4) is 0 Å². The number of hydrogen-bond donors (Lipinski definition) is 0. The Labute approximate surface area is 118 Å².